The molecule has 1 heterocycles. The summed E-state index contributed by atoms with van der Waals surface area (Å²) < 4.78 is 38.7. The Hall–Kier alpha value is -1.56. The Morgan fingerprint density at radius 3 is 2.68 bits per heavy atom. The van der Waals surface area contributed by atoms with Crippen molar-refractivity contribution in [2.75, 3.05) is 19.6 Å². The van der Waals surface area contributed by atoms with Crippen LogP contribution < -0.4 is 5.32 Å². The van der Waals surface area contributed by atoms with Crippen LogP contribution in [0.1, 0.15) is 22.8 Å². The number of nitrogens with one attached hydrogen (secondary N) is 1. The topological polar surface area (TPSA) is 32.3 Å². The fourth-order valence-electron chi connectivity index (χ4n) is 2.21. The number of carbonyl (C=O) groups excluding carboxylic acids is 1. The minimum absolute atomic E-state index is 0.109. The van der Waals surface area contributed by atoms with Crippen LogP contribution in [-0.4, -0.2) is 36.5 Å². The molecule has 1 aliphatic rings. The maximum atomic E-state index is 12.9. The molecule has 1 atom stereocenters. The monoisotopic (exact) mass is 272 g/mol. The van der Waals surface area contributed by atoms with Crippen molar-refractivity contribution in [2.45, 2.75) is 19.1 Å². The first-order valence-corrected chi connectivity index (χ1v) is 6.09. The predicted octanol–water partition coefficient (Wildman–Crippen LogP) is 2.14. The molecule has 0 bridgehead atoms. The normalized spacial score (nSPS) is 20.4. The van der Waals surface area contributed by atoms with Gasteiger partial charge in [-0.2, -0.15) is 13.2 Å². The molecule has 0 spiro atoms. The number of piperazine rings is 1. The maximum absolute atomic E-state index is 12.9. The van der Waals surface area contributed by atoms with Gasteiger partial charge in [0.2, 0.25) is 0 Å². The number of halogens is 3. The molecule has 19 heavy (non-hydrogen) atoms. The van der Waals surface area contributed by atoms with Crippen molar-refractivity contribution in [3.05, 3.63) is 35.4 Å². The zero-order chi connectivity index (χ0) is 14.0. The van der Waals surface area contributed by atoms with Crippen LogP contribution in [0, 0.1) is 0 Å². The van der Waals surface area contributed by atoms with E-state index in [0.29, 0.717) is 19.6 Å². The van der Waals surface area contributed by atoms with E-state index in [1.165, 1.54) is 23.1 Å². The molecule has 1 aromatic rings. The second kappa shape index (κ2) is 5.21. The van der Waals surface area contributed by atoms with Gasteiger partial charge in [-0.3, -0.25) is 4.79 Å². The molecule has 1 aliphatic heterocycles. The highest BCUT2D eigenvalue weighted by atomic mass is 19.4. The lowest BCUT2D eigenvalue weighted by Crippen LogP contribution is -2.52. The lowest BCUT2D eigenvalue weighted by molar-refractivity contribution is -0.138. The van der Waals surface area contributed by atoms with Gasteiger partial charge in [0, 0.05) is 25.7 Å². The Labute approximate surface area is 109 Å². The second-order valence-electron chi connectivity index (χ2n) is 4.60. The zero-order valence-corrected chi connectivity index (χ0v) is 10.5. The van der Waals surface area contributed by atoms with Crippen LogP contribution in [0.15, 0.2) is 24.3 Å². The van der Waals surface area contributed by atoms with Gasteiger partial charge in [0.15, 0.2) is 0 Å². The van der Waals surface area contributed by atoms with E-state index >= 15 is 0 Å². The molecule has 3 nitrogen and oxygen atoms in total. The van der Waals surface area contributed by atoms with Crippen LogP contribution in [-0.2, 0) is 6.18 Å². The lowest BCUT2D eigenvalue weighted by atomic mass is 10.0. The Balaban J connectivity index is 2.33. The second-order valence-corrected chi connectivity index (χ2v) is 4.60. The fraction of sp³-hybridized carbons (Fsp3) is 0.462. The van der Waals surface area contributed by atoms with Crippen molar-refractivity contribution >= 4 is 5.91 Å². The van der Waals surface area contributed by atoms with Gasteiger partial charge in [-0.15, -0.1) is 0 Å². The molecule has 0 radical (unpaired) electrons. The van der Waals surface area contributed by atoms with Gasteiger partial charge in [0.25, 0.3) is 5.91 Å². The highest BCUT2D eigenvalue weighted by molar-refractivity contribution is 5.96. The summed E-state index contributed by atoms with van der Waals surface area (Å²) in [6.45, 7) is 3.44. The first kappa shape index (κ1) is 13.9. The predicted molar refractivity (Wildman–Crippen MR) is 64.8 cm³/mol. The van der Waals surface area contributed by atoms with Crippen molar-refractivity contribution < 1.29 is 18.0 Å². The summed E-state index contributed by atoms with van der Waals surface area (Å²) in [6, 6.07) is 4.82. The van der Waals surface area contributed by atoms with Crippen LogP contribution in [0.4, 0.5) is 13.2 Å². The third-order valence-electron chi connectivity index (χ3n) is 3.23. The van der Waals surface area contributed by atoms with E-state index in [1.54, 1.807) is 0 Å². The third kappa shape index (κ3) is 2.89. The number of nitrogens with zero attached hydrogens (tertiary/aromatic N) is 1. The van der Waals surface area contributed by atoms with E-state index in [9.17, 15) is 18.0 Å². The van der Waals surface area contributed by atoms with Crippen LogP contribution in [0.25, 0.3) is 0 Å². The number of hydrogen-bond acceptors (Lipinski definition) is 2. The number of hydrogen-bond donors (Lipinski definition) is 1. The standard InChI is InChI=1S/C13H15F3N2O/c1-9-8-17-6-7-18(9)12(19)10-4-2-3-5-11(10)13(14,15)16/h2-5,9,17H,6-8H2,1H3/t9-/m0/s1. The minimum Gasteiger partial charge on any atom is -0.333 e. The van der Waals surface area contributed by atoms with E-state index < -0.39 is 17.6 Å². The highest BCUT2D eigenvalue weighted by Gasteiger charge is 2.36. The maximum Gasteiger partial charge on any atom is 0.417 e. The summed E-state index contributed by atoms with van der Waals surface area (Å²) in [7, 11) is 0. The van der Waals surface area contributed by atoms with E-state index in [2.05, 4.69) is 5.32 Å². The van der Waals surface area contributed by atoms with Crippen molar-refractivity contribution in [2.24, 2.45) is 0 Å². The molecule has 1 fully saturated rings. The SMILES string of the molecule is C[C@H]1CNCCN1C(=O)c1ccccc1C(F)(F)F. The number of alkyl halides is 3. The molecule has 1 aromatic carbocycles. The van der Waals surface area contributed by atoms with Crippen LogP contribution in [0.5, 0.6) is 0 Å². The molecule has 1 amide bonds. The summed E-state index contributed by atoms with van der Waals surface area (Å²) in [5.41, 5.74) is -1.14. The van der Waals surface area contributed by atoms with E-state index in [-0.39, 0.29) is 11.6 Å². The molecular formula is C13H15F3N2O. The number of benzene rings is 1. The average molecular weight is 272 g/mol. The molecule has 0 aromatic heterocycles. The molecule has 6 heteroatoms. The van der Waals surface area contributed by atoms with Crippen molar-refractivity contribution in [1.29, 1.82) is 0 Å². The van der Waals surface area contributed by atoms with Crippen LogP contribution in [0.2, 0.25) is 0 Å². The van der Waals surface area contributed by atoms with Crippen molar-refractivity contribution in [3.63, 3.8) is 0 Å². The van der Waals surface area contributed by atoms with Gasteiger partial charge < -0.3 is 10.2 Å². The first-order valence-electron chi connectivity index (χ1n) is 6.09. The first-order chi connectivity index (χ1) is 8.91. The number of rotatable bonds is 1. The Bertz CT molecular complexity index is 473. The third-order valence-corrected chi connectivity index (χ3v) is 3.23. The van der Waals surface area contributed by atoms with Gasteiger partial charge in [-0.1, -0.05) is 12.1 Å². The van der Waals surface area contributed by atoms with Crippen LogP contribution >= 0.6 is 0 Å². The van der Waals surface area contributed by atoms with E-state index in [4.69, 9.17) is 0 Å². The molecule has 0 aliphatic carbocycles. The van der Waals surface area contributed by atoms with Gasteiger partial charge >= 0.3 is 6.18 Å². The molecule has 2 rings (SSSR count). The van der Waals surface area contributed by atoms with Crippen molar-refractivity contribution in [3.8, 4) is 0 Å². The lowest BCUT2D eigenvalue weighted by Gasteiger charge is -2.34. The molecule has 0 unspecified atom stereocenters. The van der Waals surface area contributed by atoms with Gasteiger partial charge in [-0.05, 0) is 19.1 Å². The summed E-state index contributed by atoms with van der Waals surface area (Å²) in [4.78, 5) is 13.8. The molecular weight excluding hydrogens is 257 g/mol. The van der Waals surface area contributed by atoms with Gasteiger partial charge in [0.1, 0.15) is 0 Å². The largest absolute Gasteiger partial charge is 0.417 e. The Morgan fingerprint density at radius 1 is 1.37 bits per heavy atom. The smallest absolute Gasteiger partial charge is 0.333 e. The van der Waals surface area contributed by atoms with Gasteiger partial charge in [-0.25, -0.2) is 0 Å². The molecule has 104 valence electrons. The minimum atomic E-state index is -4.51. The van der Waals surface area contributed by atoms with E-state index in [1.807, 2.05) is 6.92 Å². The Kier molecular flexibility index (Phi) is 3.80. The summed E-state index contributed by atoms with van der Waals surface area (Å²) in [6.07, 6.45) is -4.51. The van der Waals surface area contributed by atoms with Gasteiger partial charge in [0.05, 0.1) is 11.1 Å². The zero-order valence-electron chi connectivity index (χ0n) is 10.5. The Morgan fingerprint density at radius 2 is 2.05 bits per heavy atom. The van der Waals surface area contributed by atoms with Crippen molar-refractivity contribution in [1.82, 2.24) is 10.2 Å². The van der Waals surface area contributed by atoms with Crippen LogP contribution in [0.3, 0.4) is 0 Å². The number of carbonyl (C=O) groups is 1. The quantitative estimate of drug-likeness (QED) is 0.849. The summed E-state index contributed by atoms with van der Waals surface area (Å²) >= 11 is 0. The van der Waals surface area contributed by atoms with E-state index in [0.717, 1.165) is 6.07 Å². The number of amides is 1. The highest BCUT2D eigenvalue weighted by Crippen LogP contribution is 2.32. The fourth-order valence-corrected chi connectivity index (χ4v) is 2.21. The molecule has 1 saturated heterocycles. The molecule has 0 saturated carbocycles. The molecule has 1 N–H and O–H groups in total. The summed E-state index contributed by atoms with van der Waals surface area (Å²) in [5.74, 6) is -0.554. The summed E-state index contributed by atoms with van der Waals surface area (Å²) in [5, 5.41) is 3.10. The average Bonchev–Trinajstić information content (AvgIpc) is 2.37.